The Morgan fingerprint density at radius 1 is 1.33 bits per heavy atom. The van der Waals surface area contributed by atoms with Crippen LogP contribution in [0.15, 0.2) is 47.4 Å². The lowest BCUT2D eigenvalue weighted by molar-refractivity contribution is -0.137. The molecule has 1 N–H and O–H groups in total. The van der Waals surface area contributed by atoms with E-state index < -0.39 is 5.92 Å². The molecule has 0 bridgehead atoms. The third-order valence-corrected chi connectivity index (χ3v) is 4.74. The zero-order valence-electron chi connectivity index (χ0n) is 13.4. The SMILES string of the molecule is Cc1cccc(C=CC2C3C(=O)N(C)C(=O)C3=C3C=C(O)CN32)n1. The molecule has 0 saturated carbocycles. The van der Waals surface area contributed by atoms with Gasteiger partial charge in [-0.15, -0.1) is 0 Å². The molecular formula is C18H17N3O3. The first kappa shape index (κ1) is 14.7. The fourth-order valence-electron chi connectivity index (χ4n) is 3.63. The molecule has 4 heterocycles. The summed E-state index contributed by atoms with van der Waals surface area (Å²) in [7, 11) is 1.50. The van der Waals surface area contributed by atoms with Crippen molar-refractivity contribution in [2.75, 3.05) is 13.6 Å². The largest absolute Gasteiger partial charge is 0.510 e. The van der Waals surface area contributed by atoms with Gasteiger partial charge in [-0.25, -0.2) is 0 Å². The fourth-order valence-corrected chi connectivity index (χ4v) is 3.63. The van der Waals surface area contributed by atoms with Crippen LogP contribution >= 0.6 is 0 Å². The summed E-state index contributed by atoms with van der Waals surface area (Å²) in [4.78, 5) is 32.4. The van der Waals surface area contributed by atoms with Crippen LogP contribution in [0.2, 0.25) is 0 Å². The normalized spacial score (nSPS) is 25.8. The molecular weight excluding hydrogens is 306 g/mol. The first-order valence-corrected chi connectivity index (χ1v) is 7.81. The van der Waals surface area contributed by atoms with E-state index in [4.69, 9.17) is 0 Å². The zero-order valence-corrected chi connectivity index (χ0v) is 13.4. The number of aliphatic hydroxyl groups excluding tert-OH is 1. The third kappa shape index (κ3) is 1.99. The Hall–Kier alpha value is -2.89. The summed E-state index contributed by atoms with van der Waals surface area (Å²) in [5.41, 5.74) is 2.85. The van der Waals surface area contributed by atoms with Gasteiger partial charge >= 0.3 is 0 Å². The maximum absolute atomic E-state index is 12.5. The number of aliphatic hydroxyl groups is 1. The van der Waals surface area contributed by atoms with E-state index in [-0.39, 0.29) is 23.6 Å². The minimum atomic E-state index is -0.511. The van der Waals surface area contributed by atoms with Gasteiger partial charge < -0.3 is 10.0 Å². The number of carbonyl (C=O) groups excluding carboxylic acids is 2. The Bertz CT molecular complexity index is 853. The molecule has 0 aliphatic carbocycles. The highest BCUT2D eigenvalue weighted by Crippen LogP contribution is 2.44. The van der Waals surface area contributed by atoms with Gasteiger partial charge in [-0.05, 0) is 25.1 Å². The quantitative estimate of drug-likeness (QED) is 0.833. The van der Waals surface area contributed by atoms with E-state index in [1.807, 2.05) is 42.2 Å². The van der Waals surface area contributed by atoms with Crippen molar-refractivity contribution in [3.05, 3.63) is 58.8 Å². The van der Waals surface area contributed by atoms with Crippen LogP contribution in [0.3, 0.4) is 0 Å². The summed E-state index contributed by atoms with van der Waals surface area (Å²) in [6.45, 7) is 2.23. The highest BCUT2D eigenvalue weighted by molar-refractivity contribution is 6.16. The number of likely N-dealkylation sites (tertiary alicyclic amines) is 1. The summed E-state index contributed by atoms with van der Waals surface area (Å²) >= 11 is 0. The predicted molar refractivity (Wildman–Crippen MR) is 87.5 cm³/mol. The Labute approximate surface area is 139 Å². The van der Waals surface area contributed by atoms with Crippen LogP contribution < -0.4 is 0 Å². The van der Waals surface area contributed by atoms with E-state index in [1.165, 1.54) is 11.9 Å². The Morgan fingerprint density at radius 2 is 2.12 bits per heavy atom. The Balaban J connectivity index is 1.73. The lowest BCUT2D eigenvalue weighted by Gasteiger charge is -2.25. The van der Waals surface area contributed by atoms with Crippen LogP contribution in [0.25, 0.3) is 6.08 Å². The molecule has 122 valence electrons. The molecule has 4 rings (SSSR count). The molecule has 24 heavy (non-hydrogen) atoms. The van der Waals surface area contributed by atoms with E-state index >= 15 is 0 Å². The summed E-state index contributed by atoms with van der Waals surface area (Å²) in [5, 5.41) is 9.85. The molecule has 2 unspecified atom stereocenters. The topological polar surface area (TPSA) is 73.7 Å². The summed E-state index contributed by atoms with van der Waals surface area (Å²) in [6.07, 6.45) is 5.35. The van der Waals surface area contributed by atoms with Crippen molar-refractivity contribution in [1.82, 2.24) is 14.8 Å². The average molecular weight is 323 g/mol. The molecule has 6 heteroatoms. The lowest BCUT2D eigenvalue weighted by Crippen LogP contribution is -2.37. The first-order chi connectivity index (χ1) is 11.5. The van der Waals surface area contributed by atoms with Gasteiger partial charge in [0.1, 0.15) is 5.76 Å². The van der Waals surface area contributed by atoms with Crippen molar-refractivity contribution in [2.45, 2.75) is 13.0 Å². The van der Waals surface area contributed by atoms with Crippen LogP contribution in [0, 0.1) is 12.8 Å². The van der Waals surface area contributed by atoms with Crippen LogP contribution in [0.4, 0.5) is 0 Å². The molecule has 0 radical (unpaired) electrons. The van der Waals surface area contributed by atoms with E-state index in [0.29, 0.717) is 17.8 Å². The minimum Gasteiger partial charge on any atom is -0.510 e. The number of aromatic nitrogens is 1. The summed E-state index contributed by atoms with van der Waals surface area (Å²) in [6, 6.07) is 5.44. The summed E-state index contributed by atoms with van der Waals surface area (Å²) in [5.74, 6) is -0.780. The van der Waals surface area contributed by atoms with Gasteiger partial charge in [-0.1, -0.05) is 12.1 Å². The lowest BCUT2D eigenvalue weighted by atomic mass is 9.95. The number of nitrogens with zero attached hydrogens (tertiary/aromatic N) is 3. The monoisotopic (exact) mass is 323 g/mol. The molecule has 1 aromatic rings. The number of amides is 2. The Morgan fingerprint density at radius 3 is 2.88 bits per heavy atom. The molecule has 6 nitrogen and oxygen atoms in total. The maximum Gasteiger partial charge on any atom is 0.259 e. The maximum atomic E-state index is 12.5. The third-order valence-electron chi connectivity index (χ3n) is 4.74. The number of likely N-dealkylation sites (N-methyl/N-ethyl adjacent to an activating group) is 1. The Kier molecular flexibility index (Phi) is 3.09. The van der Waals surface area contributed by atoms with Crippen molar-refractivity contribution in [3.63, 3.8) is 0 Å². The molecule has 1 fully saturated rings. The second-order valence-corrected chi connectivity index (χ2v) is 6.30. The number of imide groups is 1. The number of rotatable bonds is 2. The van der Waals surface area contributed by atoms with Gasteiger partial charge in [0, 0.05) is 18.8 Å². The molecule has 0 spiro atoms. The second-order valence-electron chi connectivity index (χ2n) is 6.30. The first-order valence-electron chi connectivity index (χ1n) is 7.81. The van der Waals surface area contributed by atoms with Gasteiger partial charge in [-0.3, -0.25) is 19.5 Å². The van der Waals surface area contributed by atoms with Crippen LogP contribution in [-0.4, -0.2) is 51.3 Å². The van der Waals surface area contributed by atoms with Gasteiger partial charge in [0.25, 0.3) is 5.91 Å². The number of hydrogen-bond acceptors (Lipinski definition) is 5. The fraction of sp³-hybridized carbons (Fsp3) is 0.278. The van der Waals surface area contributed by atoms with Gasteiger partial charge in [0.05, 0.1) is 35.5 Å². The number of allylic oxidation sites excluding steroid dienone is 1. The van der Waals surface area contributed by atoms with E-state index in [1.54, 1.807) is 6.08 Å². The van der Waals surface area contributed by atoms with Gasteiger partial charge in [0.15, 0.2) is 0 Å². The average Bonchev–Trinajstić information content (AvgIpc) is 3.12. The smallest absolute Gasteiger partial charge is 0.259 e. The number of aryl methyl sites for hydroxylation is 1. The number of fused-ring (bicyclic) bond motifs is 2. The number of hydrogen-bond donors (Lipinski definition) is 1. The molecule has 2 amide bonds. The molecule has 0 aromatic carbocycles. The summed E-state index contributed by atoms with van der Waals surface area (Å²) < 4.78 is 0. The van der Waals surface area contributed by atoms with Crippen molar-refractivity contribution in [1.29, 1.82) is 0 Å². The van der Waals surface area contributed by atoms with E-state index in [0.717, 1.165) is 11.4 Å². The van der Waals surface area contributed by atoms with Crippen molar-refractivity contribution < 1.29 is 14.7 Å². The van der Waals surface area contributed by atoms with Crippen LogP contribution in [-0.2, 0) is 9.59 Å². The molecule has 1 aromatic heterocycles. The standard InChI is InChI=1S/C18H17N3O3/c1-10-4-3-5-11(19-10)6-7-13-15-16(18(24)20(2)17(15)23)14-8-12(22)9-21(13)14/h3-8,13,15,22H,9H2,1-2H3. The van der Waals surface area contributed by atoms with Crippen molar-refractivity contribution in [2.24, 2.45) is 5.92 Å². The molecule has 2 atom stereocenters. The molecule has 3 aliphatic heterocycles. The number of pyridine rings is 1. The molecule has 3 aliphatic rings. The van der Waals surface area contributed by atoms with Crippen molar-refractivity contribution >= 4 is 17.9 Å². The van der Waals surface area contributed by atoms with Crippen molar-refractivity contribution in [3.8, 4) is 0 Å². The highest BCUT2D eigenvalue weighted by Gasteiger charge is 2.54. The predicted octanol–water partition coefficient (Wildman–Crippen LogP) is 1.41. The zero-order chi connectivity index (χ0) is 17.0. The van der Waals surface area contributed by atoms with Crippen LogP contribution in [0.5, 0.6) is 0 Å². The van der Waals surface area contributed by atoms with Gasteiger partial charge in [-0.2, -0.15) is 0 Å². The minimum absolute atomic E-state index is 0.198. The van der Waals surface area contributed by atoms with Crippen LogP contribution in [0.1, 0.15) is 11.4 Å². The van der Waals surface area contributed by atoms with Gasteiger partial charge in [0.2, 0.25) is 5.91 Å². The highest BCUT2D eigenvalue weighted by atomic mass is 16.3. The molecule has 1 saturated heterocycles. The number of carbonyl (C=O) groups is 2. The van der Waals surface area contributed by atoms with E-state index in [2.05, 4.69) is 4.98 Å². The van der Waals surface area contributed by atoms with E-state index in [9.17, 15) is 14.7 Å². The second kappa shape index (κ2) is 5.06.